The summed E-state index contributed by atoms with van der Waals surface area (Å²) in [5, 5.41) is 11.9. The van der Waals surface area contributed by atoms with E-state index in [1.807, 2.05) is 0 Å². The van der Waals surface area contributed by atoms with Gasteiger partial charge in [0.25, 0.3) is 0 Å². The van der Waals surface area contributed by atoms with Crippen LogP contribution < -0.4 is 0 Å². The first kappa shape index (κ1) is 34.5. The van der Waals surface area contributed by atoms with Gasteiger partial charge in [-0.25, -0.2) is 15.0 Å². The van der Waals surface area contributed by atoms with Crippen molar-refractivity contribution >= 4 is 75.9 Å². The van der Waals surface area contributed by atoms with E-state index >= 15 is 0 Å². The molecule has 62 heavy (non-hydrogen) atoms. The Hall–Kier alpha value is -8.41. The van der Waals surface area contributed by atoms with Crippen LogP contribution in [0.2, 0.25) is 0 Å². The van der Waals surface area contributed by atoms with Crippen LogP contribution in [0, 0.1) is 0 Å². The highest BCUT2D eigenvalue weighted by atomic mass is 15.0. The lowest BCUT2D eigenvalue weighted by Gasteiger charge is -2.13. The van der Waals surface area contributed by atoms with E-state index in [2.05, 4.69) is 221 Å². The van der Waals surface area contributed by atoms with Crippen LogP contribution in [0.25, 0.3) is 121 Å². The van der Waals surface area contributed by atoms with E-state index in [9.17, 15) is 0 Å². The molecular weight excluding hydrogens is 755 g/mol. The van der Waals surface area contributed by atoms with Gasteiger partial charge in [0.1, 0.15) is 0 Å². The number of benzene rings is 10. The van der Waals surface area contributed by atoms with Crippen molar-refractivity contribution < 1.29 is 0 Å². The zero-order chi connectivity index (χ0) is 40.7. The summed E-state index contributed by atoms with van der Waals surface area (Å²) in [6.07, 6.45) is 0. The van der Waals surface area contributed by atoms with E-state index in [0.29, 0.717) is 17.5 Å². The minimum absolute atomic E-state index is 0.624. The number of nitrogens with zero attached hydrogens (tertiary/aromatic N) is 5. The van der Waals surface area contributed by atoms with Crippen LogP contribution >= 0.6 is 0 Å². The number of fused-ring (bicyclic) bond motifs is 12. The molecule has 0 N–H and O–H groups in total. The van der Waals surface area contributed by atoms with Gasteiger partial charge in [0.15, 0.2) is 17.5 Å². The molecule has 5 nitrogen and oxygen atoms in total. The van der Waals surface area contributed by atoms with E-state index in [-0.39, 0.29) is 0 Å². The highest BCUT2D eigenvalue weighted by Gasteiger charge is 2.19. The molecule has 0 aliphatic carbocycles. The third-order valence-electron chi connectivity index (χ3n) is 12.5. The van der Waals surface area contributed by atoms with Crippen molar-refractivity contribution in [3.8, 4) is 45.5 Å². The first-order valence-corrected chi connectivity index (χ1v) is 21.0. The summed E-state index contributed by atoms with van der Waals surface area (Å²) in [6.45, 7) is 0. The summed E-state index contributed by atoms with van der Waals surface area (Å²) in [4.78, 5) is 16.0. The molecular formula is C57H35N5. The number of rotatable bonds is 5. The third kappa shape index (κ3) is 5.25. The Bertz CT molecular complexity index is 3710. The molecule has 13 rings (SSSR count). The normalized spacial score (nSPS) is 11.9. The van der Waals surface area contributed by atoms with Gasteiger partial charge in [-0.3, -0.25) is 0 Å². The zero-order valence-corrected chi connectivity index (χ0v) is 33.4. The monoisotopic (exact) mass is 789 g/mol. The van der Waals surface area contributed by atoms with E-state index in [1.165, 1.54) is 43.1 Å². The maximum atomic E-state index is 5.32. The number of aromatic nitrogens is 5. The topological polar surface area (TPSA) is 48.5 Å². The molecule has 0 saturated carbocycles. The summed E-state index contributed by atoms with van der Waals surface area (Å²) in [6, 6.07) is 75.6. The van der Waals surface area contributed by atoms with Crippen molar-refractivity contribution in [2.45, 2.75) is 0 Å². The van der Waals surface area contributed by atoms with Crippen LogP contribution in [0.4, 0.5) is 0 Å². The number of para-hydroxylation sites is 4. The summed E-state index contributed by atoms with van der Waals surface area (Å²) in [5.41, 5.74) is 9.60. The Morgan fingerprint density at radius 2 is 0.532 bits per heavy atom. The second kappa shape index (κ2) is 13.6. The molecule has 0 amide bonds. The Kier molecular flexibility index (Phi) is 7.54. The Labute approximate surface area is 356 Å². The Morgan fingerprint density at radius 1 is 0.226 bits per heavy atom. The quantitative estimate of drug-likeness (QED) is 0.163. The van der Waals surface area contributed by atoms with Gasteiger partial charge in [-0.1, -0.05) is 133 Å². The molecule has 3 heterocycles. The van der Waals surface area contributed by atoms with Gasteiger partial charge in [0.2, 0.25) is 0 Å². The lowest BCUT2D eigenvalue weighted by molar-refractivity contribution is 1.08. The van der Waals surface area contributed by atoms with Gasteiger partial charge in [-0.05, 0) is 111 Å². The molecule has 288 valence electrons. The first-order valence-electron chi connectivity index (χ1n) is 21.0. The van der Waals surface area contributed by atoms with Gasteiger partial charge in [0.05, 0.1) is 22.1 Å². The SMILES string of the molecule is c1ccc(-n2c3ccccc3c3cc(-c4nc(-c5ccc6c7ccccc7c7ccccc7c6c5)nc(-c5ccc6c(c5)c5ccccc5n6-c5ccccc5)n4)ccc32)cc1. The van der Waals surface area contributed by atoms with Gasteiger partial charge in [-0.15, -0.1) is 0 Å². The molecule has 13 aromatic rings. The molecule has 0 saturated heterocycles. The molecule has 5 heteroatoms. The maximum absolute atomic E-state index is 5.32. The van der Waals surface area contributed by atoms with Crippen molar-refractivity contribution in [1.82, 2.24) is 24.1 Å². The molecule has 0 aliphatic heterocycles. The van der Waals surface area contributed by atoms with Crippen molar-refractivity contribution in [2.75, 3.05) is 0 Å². The largest absolute Gasteiger partial charge is 0.309 e. The fourth-order valence-electron chi connectivity index (χ4n) is 9.74. The van der Waals surface area contributed by atoms with Gasteiger partial charge in [-0.2, -0.15) is 0 Å². The van der Waals surface area contributed by atoms with E-state index < -0.39 is 0 Å². The minimum atomic E-state index is 0.624. The van der Waals surface area contributed by atoms with E-state index in [0.717, 1.165) is 60.9 Å². The van der Waals surface area contributed by atoms with Crippen molar-refractivity contribution in [3.63, 3.8) is 0 Å². The average molecular weight is 790 g/mol. The number of hydrogen-bond acceptors (Lipinski definition) is 3. The molecule has 0 fully saturated rings. The molecule has 10 aromatic carbocycles. The Morgan fingerprint density at radius 3 is 0.968 bits per heavy atom. The average Bonchev–Trinajstić information content (AvgIpc) is 3.86. The smallest absolute Gasteiger partial charge is 0.164 e. The summed E-state index contributed by atoms with van der Waals surface area (Å²) in [5.74, 6) is 1.88. The zero-order valence-electron chi connectivity index (χ0n) is 33.4. The van der Waals surface area contributed by atoms with Crippen LogP contribution in [0.1, 0.15) is 0 Å². The predicted molar refractivity (Wildman–Crippen MR) is 257 cm³/mol. The molecule has 0 bridgehead atoms. The van der Waals surface area contributed by atoms with Crippen LogP contribution in [-0.2, 0) is 0 Å². The second-order valence-electron chi connectivity index (χ2n) is 16.0. The third-order valence-corrected chi connectivity index (χ3v) is 12.5. The summed E-state index contributed by atoms with van der Waals surface area (Å²) < 4.78 is 4.67. The first-order chi connectivity index (χ1) is 30.7. The second-order valence-corrected chi connectivity index (χ2v) is 16.0. The van der Waals surface area contributed by atoms with E-state index in [4.69, 9.17) is 15.0 Å². The van der Waals surface area contributed by atoms with Crippen molar-refractivity contribution in [1.29, 1.82) is 0 Å². The fraction of sp³-hybridized carbons (Fsp3) is 0. The van der Waals surface area contributed by atoms with Gasteiger partial charge >= 0.3 is 0 Å². The maximum Gasteiger partial charge on any atom is 0.164 e. The lowest BCUT2D eigenvalue weighted by Crippen LogP contribution is -2.00. The van der Waals surface area contributed by atoms with Crippen LogP contribution in [-0.4, -0.2) is 24.1 Å². The molecule has 0 spiro atoms. The molecule has 3 aromatic heterocycles. The Balaban J connectivity index is 1.05. The standard InChI is InChI=1S/C57H35N5/c1-3-15-39(16-4-1)61-51-25-13-11-23-46(51)49-34-37(28-31-53(49)61)56-58-55(36-27-30-45-43-21-8-7-19-41(43)42-20-9-10-22-44(42)48(45)33-36)59-57(60-56)38-29-32-54-50(35-38)47-24-12-14-26-52(47)62(54)40-17-5-2-6-18-40/h1-35H. The van der Waals surface area contributed by atoms with E-state index in [1.54, 1.807) is 0 Å². The number of hydrogen-bond donors (Lipinski definition) is 0. The van der Waals surface area contributed by atoms with Crippen LogP contribution in [0.3, 0.4) is 0 Å². The lowest BCUT2D eigenvalue weighted by atomic mass is 9.93. The highest BCUT2D eigenvalue weighted by Crippen LogP contribution is 2.40. The van der Waals surface area contributed by atoms with Gasteiger partial charge < -0.3 is 9.13 Å². The summed E-state index contributed by atoms with van der Waals surface area (Å²) in [7, 11) is 0. The van der Waals surface area contributed by atoms with Crippen molar-refractivity contribution in [2.24, 2.45) is 0 Å². The molecule has 0 aliphatic rings. The molecule has 0 atom stereocenters. The van der Waals surface area contributed by atoms with Gasteiger partial charge in [0, 0.05) is 49.6 Å². The minimum Gasteiger partial charge on any atom is -0.309 e. The highest BCUT2D eigenvalue weighted by molar-refractivity contribution is 6.25. The molecule has 0 radical (unpaired) electrons. The predicted octanol–water partition coefficient (Wildman–Crippen LogP) is 14.5. The molecule has 0 unspecified atom stereocenters. The van der Waals surface area contributed by atoms with Crippen LogP contribution in [0.5, 0.6) is 0 Å². The van der Waals surface area contributed by atoms with Crippen LogP contribution in [0.15, 0.2) is 212 Å². The fourth-order valence-corrected chi connectivity index (χ4v) is 9.74. The van der Waals surface area contributed by atoms with Crippen molar-refractivity contribution in [3.05, 3.63) is 212 Å². The summed E-state index contributed by atoms with van der Waals surface area (Å²) >= 11 is 0.